The van der Waals surface area contributed by atoms with Gasteiger partial charge < -0.3 is 9.88 Å². The zero-order valence-corrected chi connectivity index (χ0v) is 12.6. The van der Waals surface area contributed by atoms with Crippen LogP contribution in [-0.4, -0.2) is 26.8 Å². The molecule has 1 saturated carbocycles. The summed E-state index contributed by atoms with van der Waals surface area (Å²) in [7, 11) is 1.90. The number of carbonyl (C=O) groups excluding carboxylic acids is 1. The first kappa shape index (κ1) is 14.9. The van der Waals surface area contributed by atoms with Crippen LogP contribution in [0.1, 0.15) is 38.5 Å². The highest BCUT2D eigenvalue weighted by Gasteiger charge is 2.32. The number of nitriles is 1. The molecule has 108 valence electrons. The number of rotatable bonds is 4. The first-order chi connectivity index (χ1) is 9.65. The number of amides is 1. The Labute approximate surface area is 123 Å². The maximum absolute atomic E-state index is 12.1. The molecule has 1 N–H and O–H groups in total. The predicted octanol–water partition coefficient (Wildman–Crippen LogP) is 2.24. The fourth-order valence-corrected chi connectivity index (χ4v) is 3.25. The van der Waals surface area contributed by atoms with Crippen LogP contribution in [0.25, 0.3) is 0 Å². The monoisotopic (exact) mass is 292 g/mol. The summed E-state index contributed by atoms with van der Waals surface area (Å²) >= 11 is 1.40. The van der Waals surface area contributed by atoms with Crippen molar-refractivity contribution in [3.8, 4) is 6.07 Å². The average molecular weight is 292 g/mol. The van der Waals surface area contributed by atoms with Gasteiger partial charge in [0, 0.05) is 19.4 Å². The number of hydrogen-bond donors (Lipinski definition) is 1. The second kappa shape index (κ2) is 6.80. The van der Waals surface area contributed by atoms with E-state index in [4.69, 9.17) is 0 Å². The summed E-state index contributed by atoms with van der Waals surface area (Å²) in [4.78, 5) is 16.2. The van der Waals surface area contributed by atoms with Gasteiger partial charge in [-0.1, -0.05) is 37.4 Å². The fourth-order valence-electron chi connectivity index (χ4n) is 2.52. The molecule has 1 fully saturated rings. The molecule has 20 heavy (non-hydrogen) atoms. The normalized spacial score (nSPS) is 18.0. The van der Waals surface area contributed by atoms with Gasteiger partial charge in [0.2, 0.25) is 5.91 Å². The van der Waals surface area contributed by atoms with E-state index in [1.54, 1.807) is 6.20 Å². The molecule has 0 aromatic carbocycles. The van der Waals surface area contributed by atoms with E-state index in [-0.39, 0.29) is 5.91 Å². The fraction of sp³-hybridized carbons (Fsp3) is 0.643. The van der Waals surface area contributed by atoms with Gasteiger partial charge in [-0.05, 0) is 12.8 Å². The number of thioether (sulfide) groups is 1. The minimum atomic E-state index is -0.657. The van der Waals surface area contributed by atoms with Gasteiger partial charge in [-0.3, -0.25) is 4.79 Å². The second-order valence-electron chi connectivity index (χ2n) is 5.27. The van der Waals surface area contributed by atoms with Crippen molar-refractivity contribution in [2.45, 2.75) is 49.2 Å². The van der Waals surface area contributed by atoms with Crippen LogP contribution in [0.3, 0.4) is 0 Å². The number of nitrogens with one attached hydrogen (secondary N) is 1. The SMILES string of the molecule is Cn1ccnc1SCC(=O)NC1(C#N)CCCCCC1. The first-order valence-corrected chi connectivity index (χ1v) is 7.96. The van der Waals surface area contributed by atoms with Gasteiger partial charge in [-0.2, -0.15) is 5.26 Å². The lowest BCUT2D eigenvalue weighted by atomic mass is 9.92. The molecule has 0 atom stereocenters. The van der Waals surface area contributed by atoms with Crippen LogP contribution >= 0.6 is 11.8 Å². The number of aryl methyl sites for hydroxylation is 1. The summed E-state index contributed by atoms with van der Waals surface area (Å²) in [5.41, 5.74) is -0.657. The molecule has 0 bridgehead atoms. The van der Waals surface area contributed by atoms with Crippen LogP contribution in [0, 0.1) is 11.3 Å². The van der Waals surface area contributed by atoms with Gasteiger partial charge in [0.05, 0.1) is 11.8 Å². The molecular formula is C14H20N4OS. The van der Waals surface area contributed by atoms with Crippen LogP contribution in [0.15, 0.2) is 17.6 Å². The lowest BCUT2D eigenvalue weighted by Crippen LogP contribution is -2.47. The topological polar surface area (TPSA) is 70.7 Å². The summed E-state index contributed by atoms with van der Waals surface area (Å²) in [6, 6.07) is 2.33. The molecule has 1 aliphatic carbocycles. The van der Waals surface area contributed by atoms with E-state index in [1.165, 1.54) is 11.8 Å². The Hall–Kier alpha value is -1.48. The number of nitrogens with zero attached hydrogens (tertiary/aromatic N) is 3. The van der Waals surface area contributed by atoms with Gasteiger partial charge in [0.15, 0.2) is 5.16 Å². The van der Waals surface area contributed by atoms with Crippen molar-refractivity contribution in [3.63, 3.8) is 0 Å². The van der Waals surface area contributed by atoms with Crippen molar-refractivity contribution in [1.82, 2.24) is 14.9 Å². The Kier molecular flexibility index (Phi) is 5.07. The Morgan fingerprint density at radius 2 is 2.20 bits per heavy atom. The molecule has 1 amide bonds. The number of hydrogen-bond acceptors (Lipinski definition) is 4. The molecule has 1 aliphatic rings. The van der Waals surface area contributed by atoms with Gasteiger partial charge in [-0.15, -0.1) is 0 Å². The van der Waals surface area contributed by atoms with E-state index in [1.807, 2.05) is 17.8 Å². The summed E-state index contributed by atoms with van der Waals surface area (Å²) in [6.07, 6.45) is 9.43. The van der Waals surface area contributed by atoms with Crippen molar-refractivity contribution in [1.29, 1.82) is 5.26 Å². The largest absolute Gasteiger partial charge is 0.337 e. The van der Waals surface area contributed by atoms with E-state index in [0.717, 1.165) is 43.7 Å². The third-order valence-corrected chi connectivity index (χ3v) is 4.72. The molecule has 0 unspecified atom stereocenters. The molecular weight excluding hydrogens is 272 g/mol. The maximum atomic E-state index is 12.1. The molecule has 0 saturated heterocycles. The number of imidazole rings is 1. The lowest BCUT2D eigenvalue weighted by molar-refractivity contribution is -0.120. The molecule has 0 spiro atoms. The molecule has 2 rings (SSSR count). The van der Waals surface area contributed by atoms with Crippen LogP contribution in [-0.2, 0) is 11.8 Å². The highest BCUT2D eigenvalue weighted by Crippen LogP contribution is 2.26. The Bertz CT molecular complexity index is 498. The van der Waals surface area contributed by atoms with Gasteiger partial charge in [0.1, 0.15) is 5.54 Å². The van der Waals surface area contributed by atoms with Crippen molar-refractivity contribution >= 4 is 17.7 Å². The molecule has 0 radical (unpaired) electrons. The van der Waals surface area contributed by atoms with E-state index < -0.39 is 5.54 Å². The van der Waals surface area contributed by atoms with E-state index in [0.29, 0.717) is 5.75 Å². The first-order valence-electron chi connectivity index (χ1n) is 6.98. The minimum absolute atomic E-state index is 0.0820. The quantitative estimate of drug-likeness (QED) is 0.682. The molecule has 1 heterocycles. The van der Waals surface area contributed by atoms with Gasteiger partial charge >= 0.3 is 0 Å². The van der Waals surface area contributed by atoms with Crippen LogP contribution < -0.4 is 5.32 Å². The zero-order chi connectivity index (χ0) is 14.4. The van der Waals surface area contributed by atoms with Crippen molar-refractivity contribution in [3.05, 3.63) is 12.4 Å². The zero-order valence-electron chi connectivity index (χ0n) is 11.8. The summed E-state index contributed by atoms with van der Waals surface area (Å²) < 4.78 is 1.88. The summed E-state index contributed by atoms with van der Waals surface area (Å²) in [5, 5.41) is 13.2. The minimum Gasteiger partial charge on any atom is -0.337 e. The lowest BCUT2D eigenvalue weighted by Gasteiger charge is -2.26. The Balaban J connectivity index is 1.89. The highest BCUT2D eigenvalue weighted by atomic mass is 32.2. The van der Waals surface area contributed by atoms with Crippen LogP contribution in [0.2, 0.25) is 0 Å². The molecule has 5 nitrogen and oxygen atoms in total. The number of aromatic nitrogens is 2. The van der Waals surface area contributed by atoms with Gasteiger partial charge in [-0.25, -0.2) is 4.98 Å². The van der Waals surface area contributed by atoms with Crippen LogP contribution in [0.5, 0.6) is 0 Å². The third kappa shape index (κ3) is 3.76. The van der Waals surface area contributed by atoms with Crippen molar-refractivity contribution in [2.75, 3.05) is 5.75 Å². The molecule has 1 aromatic rings. The standard InChI is InChI=1S/C14H20N4OS/c1-18-9-8-16-13(18)20-10-12(19)17-14(11-15)6-4-2-3-5-7-14/h8-9H,2-7,10H2,1H3,(H,17,19). The van der Waals surface area contributed by atoms with E-state index in [2.05, 4.69) is 16.4 Å². The average Bonchev–Trinajstić information content (AvgIpc) is 2.71. The molecule has 0 aliphatic heterocycles. The van der Waals surface area contributed by atoms with E-state index in [9.17, 15) is 10.1 Å². The smallest absolute Gasteiger partial charge is 0.231 e. The van der Waals surface area contributed by atoms with Gasteiger partial charge in [0.25, 0.3) is 0 Å². The summed E-state index contributed by atoms with van der Waals surface area (Å²) in [5.74, 6) is 0.218. The predicted molar refractivity (Wildman–Crippen MR) is 78.1 cm³/mol. The highest BCUT2D eigenvalue weighted by molar-refractivity contribution is 7.99. The maximum Gasteiger partial charge on any atom is 0.231 e. The van der Waals surface area contributed by atoms with Crippen molar-refractivity contribution in [2.24, 2.45) is 7.05 Å². The Morgan fingerprint density at radius 3 is 2.75 bits per heavy atom. The van der Waals surface area contributed by atoms with Crippen molar-refractivity contribution < 1.29 is 4.79 Å². The number of carbonyl (C=O) groups is 1. The second-order valence-corrected chi connectivity index (χ2v) is 6.21. The summed E-state index contributed by atoms with van der Waals surface area (Å²) in [6.45, 7) is 0. The van der Waals surface area contributed by atoms with Crippen LogP contribution in [0.4, 0.5) is 0 Å². The molecule has 1 aromatic heterocycles. The third-order valence-electron chi connectivity index (χ3n) is 3.66. The van der Waals surface area contributed by atoms with E-state index >= 15 is 0 Å². The Morgan fingerprint density at radius 1 is 1.50 bits per heavy atom. The molecule has 6 heteroatoms.